The first-order valence-electron chi connectivity index (χ1n) is 9.04. The Morgan fingerprint density at radius 3 is 2.03 bits per heavy atom. The van der Waals surface area contributed by atoms with Crippen LogP contribution in [0.25, 0.3) is 0 Å². The molecule has 150 valence electrons. The number of benzene rings is 3. The van der Waals surface area contributed by atoms with E-state index in [9.17, 15) is 18.9 Å². The molecule has 0 amide bonds. The van der Waals surface area contributed by atoms with Crippen molar-refractivity contribution in [3.05, 3.63) is 94.5 Å². The summed E-state index contributed by atoms with van der Waals surface area (Å²) >= 11 is 0. The van der Waals surface area contributed by atoms with Crippen LogP contribution in [0.15, 0.2) is 88.3 Å². The first kappa shape index (κ1) is 19.6. The SMILES string of the molecule is COc1ccc(NC2=C(S(=O)c3ccc(O)cc3)C(=O)c3ccccc3C2=O)cc1. The van der Waals surface area contributed by atoms with Crippen LogP contribution in [0.5, 0.6) is 11.5 Å². The average Bonchev–Trinajstić information content (AvgIpc) is 2.78. The molecule has 3 aromatic carbocycles. The third-order valence-electron chi connectivity index (χ3n) is 4.67. The number of anilines is 1. The summed E-state index contributed by atoms with van der Waals surface area (Å²) < 4.78 is 18.5. The number of phenols is 1. The van der Waals surface area contributed by atoms with Crippen molar-refractivity contribution >= 4 is 28.1 Å². The zero-order valence-corrected chi connectivity index (χ0v) is 16.7. The molecule has 4 rings (SSSR count). The van der Waals surface area contributed by atoms with Gasteiger partial charge in [-0.1, -0.05) is 24.3 Å². The van der Waals surface area contributed by atoms with Gasteiger partial charge in [-0.15, -0.1) is 0 Å². The summed E-state index contributed by atoms with van der Waals surface area (Å²) in [5, 5.41) is 12.5. The highest BCUT2D eigenvalue weighted by Gasteiger charge is 2.36. The number of hydrogen-bond acceptors (Lipinski definition) is 6. The summed E-state index contributed by atoms with van der Waals surface area (Å²) in [5.74, 6) is -0.243. The van der Waals surface area contributed by atoms with Crippen molar-refractivity contribution in [2.45, 2.75) is 4.90 Å². The van der Waals surface area contributed by atoms with Crippen molar-refractivity contribution in [2.24, 2.45) is 0 Å². The molecule has 0 saturated heterocycles. The summed E-state index contributed by atoms with van der Waals surface area (Å²) in [5.41, 5.74) is 0.983. The fourth-order valence-electron chi connectivity index (χ4n) is 3.15. The number of carbonyl (C=O) groups excluding carboxylic acids is 2. The highest BCUT2D eigenvalue weighted by Crippen LogP contribution is 2.32. The smallest absolute Gasteiger partial charge is 0.211 e. The second-order valence-corrected chi connectivity index (χ2v) is 7.94. The Labute approximate surface area is 175 Å². The maximum Gasteiger partial charge on any atom is 0.211 e. The molecule has 6 nitrogen and oxygen atoms in total. The molecular weight excluding hydrogens is 402 g/mol. The van der Waals surface area contributed by atoms with Gasteiger partial charge < -0.3 is 15.2 Å². The van der Waals surface area contributed by atoms with E-state index in [1.165, 1.54) is 24.3 Å². The number of nitrogens with one attached hydrogen (secondary N) is 1. The number of fused-ring (bicyclic) bond motifs is 1. The first-order chi connectivity index (χ1) is 14.5. The molecule has 0 fully saturated rings. The van der Waals surface area contributed by atoms with Crippen LogP contribution in [0.2, 0.25) is 0 Å². The number of aromatic hydroxyl groups is 1. The number of allylic oxidation sites excluding steroid dienone is 2. The van der Waals surface area contributed by atoms with Crippen LogP contribution in [0.3, 0.4) is 0 Å². The molecule has 2 N–H and O–H groups in total. The standard InChI is InChI=1S/C23H17NO5S/c1-29-16-10-6-14(7-11-16)24-20-21(26)18-4-2-3-5-19(18)22(27)23(20)30(28)17-12-8-15(25)9-13-17/h2-13,24-25H,1H3. The highest BCUT2D eigenvalue weighted by atomic mass is 32.2. The lowest BCUT2D eigenvalue weighted by molar-refractivity contribution is 0.0982. The van der Waals surface area contributed by atoms with Crippen LogP contribution in [-0.4, -0.2) is 28.0 Å². The molecule has 0 radical (unpaired) electrons. The molecule has 0 aromatic heterocycles. The second kappa shape index (κ2) is 7.96. The second-order valence-electron chi connectivity index (χ2n) is 6.52. The van der Waals surface area contributed by atoms with E-state index in [1.807, 2.05) is 0 Å². The van der Waals surface area contributed by atoms with Crippen molar-refractivity contribution < 1.29 is 23.6 Å². The van der Waals surface area contributed by atoms with Gasteiger partial charge in [-0.3, -0.25) is 9.59 Å². The van der Waals surface area contributed by atoms with Gasteiger partial charge in [-0.05, 0) is 48.5 Å². The Bertz CT molecular complexity index is 1200. The summed E-state index contributed by atoms with van der Waals surface area (Å²) in [6, 6.07) is 19.0. The Morgan fingerprint density at radius 2 is 1.43 bits per heavy atom. The highest BCUT2D eigenvalue weighted by molar-refractivity contribution is 7.90. The van der Waals surface area contributed by atoms with Crippen molar-refractivity contribution in [3.63, 3.8) is 0 Å². The van der Waals surface area contributed by atoms with Crippen LogP contribution in [0.1, 0.15) is 20.7 Å². The van der Waals surface area contributed by atoms with E-state index >= 15 is 0 Å². The summed E-state index contributed by atoms with van der Waals surface area (Å²) in [6.45, 7) is 0. The van der Waals surface area contributed by atoms with Crippen LogP contribution >= 0.6 is 0 Å². The maximum atomic E-state index is 13.3. The molecule has 30 heavy (non-hydrogen) atoms. The molecule has 1 aliphatic carbocycles. The topological polar surface area (TPSA) is 92.7 Å². The van der Waals surface area contributed by atoms with E-state index in [-0.39, 0.29) is 27.5 Å². The molecule has 0 aliphatic heterocycles. The lowest BCUT2D eigenvalue weighted by Crippen LogP contribution is -2.28. The number of phenolic OH excluding ortho intramolecular Hbond substituents is 1. The molecule has 0 heterocycles. The van der Waals surface area contributed by atoms with Gasteiger partial charge in [0.2, 0.25) is 11.6 Å². The number of carbonyl (C=O) groups is 2. The van der Waals surface area contributed by atoms with Gasteiger partial charge in [0.05, 0.1) is 17.9 Å². The van der Waals surface area contributed by atoms with Crippen LogP contribution in [0.4, 0.5) is 5.69 Å². The molecule has 0 saturated carbocycles. The summed E-state index contributed by atoms with van der Waals surface area (Å²) in [7, 11) is -0.389. The van der Waals surface area contributed by atoms with Gasteiger partial charge in [0.1, 0.15) is 22.1 Å². The molecule has 7 heteroatoms. The van der Waals surface area contributed by atoms with E-state index in [2.05, 4.69) is 5.32 Å². The number of hydrogen-bond donors (Lipinski definition) is 2. The Balaban J connectivity index is 1.84. The van der Waals surface area contributed by atoms with Crippen molar-refractivity contribution in [1.29, 1.82) is 0 Å². The molecule has 1 aliphatic rings. The fraction of sp³-hybridized carbons (Fsp3) is 0.0435. The van der Waals surface area contributed by atoms with Crippen LogP contribution in [0, 0.1) is 0 Å². The molecule has 0 spiro atoms. The van der Waals surface area contributed by atoms with Gasteiger partial charge in [-0.2, -0.15) is 0 Å². The van der Waals surface area contributed by atoms with Crippen molar-refractivity contribution in [1.82, 2.24) is 0 Å². The van der Waals surface area contributed by atoms with E-state index in [0.29, 0.717) is 16.3 Å². The van der Waals surface area contributed by atoms with E-state index in [4.69, 9.17) is 4.74 Å². The lowest BCUT2D eigenvalue weighted by Gasteiger charge is -2.21. The number of ether oxygens (including phenoxy) is 1. The Hall–Kier alpha value is -3.71. The maximum absolute atomic E-state index is 13.3. The molecule has 1 unspecified atom stereocenters. The zero-order valence-electron chi connectivity index (χ0n) is 15.9. The monoisotopic (exact) mass is 419 g/mol. The summed E-state index contributed by atoms with van der Waals surface area (Å²) in [4.78, 5) is 26.6. The normalized spacial score (nSPS) is 14.3. The van der Waals surface area contributed by atoms with E-state index in [0.717, 1.165) is 0 Å². The van der Waals surface area contributed by atoms with Gasteiger partial charge in [0.25, 0.3) is 0 Å². The number of methoxy groups -OCH3 is 1. The van der Waals surface area contributed by atoms with Crippen molar-refractivity contribution in [3.8, 4) is 11.5 Å². The van der Waals surface area contributed by atoms with E-state index in [1.54, 1.807) is 55.6 Å². The molecular formula is C23H17NO5S. The average molecular weight is 419 g/mol. The van der Waals surface area contributed by atoms with Gasteiger partial charge in [0, 0.05) is 21.7 Å². The van der Waals surface area contributed by atoms with Crippen LogP contribution < -0.4 is 10.1 Å². The minimum Gasteiger partial charge on any atom is -0.508 e. The predicted octanol–water partition coefficient (Wildman–Crippen LogP) is 3.91. The molecule has 1 atom stereocenters. The van der Waals surface area contributed by atoms with E-state index < -0.39 is 22.4 Å². The third kappa shape index (κ3) is 3.51. The number of ketones is 2. The minimum atomic E-state index is -1.93. The quantitative estimate of drug-likeness (QED) is 0.651. The van der Waals surface area contributed by atoms with Crippen molar-refractivity contribution in [2.75, 3.05) is 12.4 Å². The Kier molecular flexibility index (Phi) is 5.20. The number of rotatable bonds is 5. The fourth-order valence-corrected chi connectivity index (χ4v) is 4.38. The third-order valence-corrected chi connectivity index (χ3v) is 6.13. The zero-order chi connectivity index (χ0) is 21.3. The minimum absolute atomic E-state index is 0.0118. The largest absolute Gasteiger partial charge is 0.508 e. The van der Waals surface area contributed by atoms with Gasteiger partial charge in [0.15, 0.2) is 0 Å². The molecule has 3 aromatic rings. The van der Waals surface area contributed by atoms with Gasteiger partial charge in [-0.25, -0.2) is 4.21 Å². The molecule has 0 bridgehead atoms. The predicted molar refractivity (Wildman–Crippen MR) is 113 cm³/mol. The lowest BCUT2D eigenvalue weighted by atomic mass is 9.92. The first-order valence-corrected chi connectivity index (χ1v) is 10.2. The number of Topliss-reactive ketones (excluding diaryl/α,β-unsaturated/α-hetero) is 2. The Morgan fingerprint density at radius 1 is 0.833 bits per heavy atom. The van der Waals surface area contributed by atoms with Gasteiger partial charge >= 0.3 is 0 Å². The summed E-state index contributed by atoms with van der Waals surface area (Å²) in [6.07, 6.45) is 0. The van der Waals surface area contributed by atoms with Crippen LogP contribution in [-0.2, 0) is 10.8 Å².